The Morgan fingerprint density at radius 1 is 0.296 bits per heavy atom. The highest BCUT2D eigenvalue weighted by atomic mass is 16.6. The zero-order valence-corrected chi connectivity index (χ0v) is 46.7. The third-order valence-corrected chi connectivity index (χ3v) is 12.9. The van der Waals surface area contributed by atoms with Crippen molar-refractivity contribution < 1.29 is 28.6 Å². The number of ether oxygens (including phenoxy) is 3. The fourth-order valence-corrected chi connectivity index (χ4v) is 8.38. The Bertz CT molecular complexity index is 1370. The Morgan fingerprint density at radius 2 is 0.549 bits per heavy atom. The van der Waals surface area contributed by atoms with Crippen molar-refractivity contribution in [2.75, 3.05) is 13.2 Å². The van der Waals surface area contributed by atoms with E-state index in [1.54, 1.807) is 0 Å². The number of rotatable bonds is 54. The first-order valence-corrected chi connectivity index (χ1v) is 30.1. The van der Waals surface area contributed by atoms with Gasteiger partial charge < -0.3 is 14.2 Å². The van der Waals surface area contributed by atoms with Crippen LogP contribution < -0.4 is 0 Å². The van der Waals surface area contributed by atoms with Gasteiger partial charge in [-0.15, -0.1) is 0 Å². The van der Waals surface area contributed by atoms with E-state index in [2.05, 4.69) is 106 Å². The fraction of sp³-hybridized carbons (Fsp3) is 0.738. The van der Waals surface area contributed by atoms with Gasteiger partial charge in [-0.3, -0.25) is 14.4 Å². The Morgan fingerprint density at radius 3 is 0.859 bits per heavy atom. The van der Waals surface area contributed by atoms with Gasteiger partial charge in [-0.2, -0.15) is 0 Å². The normalized spacial score (nSPS) is 12.7. The molecule has 0 heterocycles. The molecule has 408 valence electrons. The van der Waals surface area contributed by atoms with Crippen molar-refractivity contribution in [3.8, 4) is 0 Å². The molecule has 0 N–H and O–H groups in total. The minimum absolute atomic E-state index is 0.0797. The molecule has 0 aliphatic rings. The molecule has 0 aromatic heterocycles. The van der Waals surface area contributed by atoms with Crippen LogP contribution >= 0.6 is 0 Å². The van der Waals surface area contributed by atoms with Crippen LogP contribution in [0.4, 0.5) is 0 Å². The van der Waals surface area contributed by atoms with Crippen LogP contribution in [0.1, 0.15) is 290 Å². The molecular formula is C65H112O6. The standard InChI is InChI=1S/C65H112O6/c1-4-7-10-13-16-18-20-22-24-26-28-30-32-34-36-38-40-42-44-46-49-52-55-58-64(67)70-61-62(60-69-63(66)57-54-51-48-15-12-9-6-3)71-65(68)59-56-53-50-47-45-43-41-39-37-35-33-31-29-27-25-23-21-19-17-14-11-8-5-2/h7,10,16,18,21-24,27-30,34,36,62H,4-6,8-9,11-15,17,19-20,25-26,31-33,35,37-61H2,1-3H3/b10-7-,18-16-,23-21-,24-22-,29-27-,30-28-,36-34-. The van der Waals surface area contributed by atoms with Gasteiger partial charge in [-0.1, -0.05) is 260 Å². The van der Waals surface area contributed by atoms with E-state index >= 15 is 0 Å². The molecule has 0 bridgehead atoms. The van der Waals surface area contributed by atoms with Crippen molar-refractivity contribution >= 4 is 17.9 Å². The second kappa shape index (κ2) is 59.2. The minimum atomic E-state index is -0.780. The van der Waals surface area contributed by atoms with Gasteiger partial charge >= 0.3 is 17.9 Å². The molecule has 0 radical (unpaired) electrons. The molecule has 0 aliphatic carbocycles. The lowest BCUT2D eigenvalue weighted by atomic mass is 10.0. The number of allylic oxidation sites excluding steroid dienone is 14. The van der Waals surface area contributed by atoms with Crippen molar-refractivity contribution in [3.63, 3.8) is 0 Å². The summed E-state index contributed by atoms with van der Waals surface area (Å²) in [6.07, 6.45) is 77.4. The van der Waals surface area contributed by atoms with E-state index < -0.39 is 6.10 Å². The first-order chi connectivity index (χ1) is 35.0. The molecule has 6 heteroatoms. The molecule has 0 aliphatic heterocycles. The SMILES string of the molecule is CC/C=C\C/C=C\C/C=C\C/C=C\C/C=C\CCCCCCCCCC(=O)OCC(COC(=O)CCCCCCCCC)OC(=O)CCCCCCCCCCCCC/C=C\C/C=C\CCCCCCC. The Labute approximate surface area is 439 Å². The molecule has 71 heavy (non-hydrogen) atoms. The van der Waals surface area contributed by atoms with Gasteiger partial charge in [0.25, 0.3) is 0 Å². The minimum Gasteiger partial charge on any atom is -0.462 e. The van der Waals surface area contributed by atoms with Crippen molar-refractivity contribution in [2.24, 2.45) is 0 Å². The summed E-state index contributed by atoms with van der Waals surface area (Å²) in [5.74, 6) is -0.893. The van der Waals surface area contributed by atoms with Gasteiger partial charge in [0.1, 0.15) is 13.2 Å². The summed E-state index contributed by atoms with van der Waals surface area (Å²) in [5, 5.41) is 0. The van der Waals surface area contributed by atoms with Gasteiger partial charge in [0.2, 0.25) is 0 Å². The van der Waals surface area contributed by atoms with E-state index in [1.165, 1.54) is 148 Å². The Balaban J connectivity index is 4.20. The predicted molar refractivity (Wildman–Crippen MR) is 307 cm³/mol. The molecule has 0 aromatic rings. The first kappa shape index (κ1) is 67.6. The second-order valence-corrected chi connectivity index (χ2v) is 19.9. The number of unbranched alkanes of at least 4 members (excludes halogenated alkanes) is 29. The number of carbonyl (C=O) groups excluding carboxylic acids is 3. The van der Waals surface area contributed by atoms with Crippen molar-refractivity contribution in [2.45, 2.75) is 297 Å². The number of esters is 3. The fourth-order valence-electron chi connectivity index (χ4n) is 8.38. The van der Waals surface area contributed by atoms with Crippen LogP contribution in [0.2, 0.25) is 0 Å². The van der Waals surface area contributed by atoms with E-state index in [1.807, 2.05) is 0 Å². The zero-order valence-electron chi connectivity index (χ0n) is 46.7. The highest BCUT2D eigenvalue weighted by Gasteiger charge is 2.19. The Hall–Kier alpha value is -3.41. The van der Waals surface area contributed by atoms with Crippen molar-refractivity contribution in [3.05, 3.63) is 85.1 Å². The highest BCUT2D eigenvalue weighted by molar-refractivity contribution is 5.71. The van der Waals surface area contributed by atoms with E-state index in [0.717, 1.165) is 103 Å². The van der Waals surface area contributed by atoms with Crippen LogP contribution in [0.5, 0.6) is 0 Å². The molecule has 0 saturated carbocycles. The van der Waals surface area contributed by atoms with E-state index in [9.17, 15) is 14.4 Å². The monoisotopic (exact) mass is 989 g/mol. The molecule has 0 fully saturated rings. The van der Waals surface area contributed by atoms with Crippen molar-refractivity contribution in [1.29, 1.82) is 0 Å². The lowest BCUT2D eigenvalue weighted by molar-refractivity contribution is -0.167. The molecule has 0 amide bonds. The number of carbonyl (C=O) groups is 3. The molecule has 1 unspecified atom stereocenters. The van der Waals surface area contributed by atoms with E-state index in [4.69, 9.17) is 14.2 Å². The second-order valence-electron chi connectivity index (χ2n) is 19.9. The van der Waals surface area contributed by atoms with Gasteiger partial charge in [0, 0.05) is 19.3 Å². The summed E-state index contributed by atoms with van der Waals surface area (Å²) in [7, 11) is 0. The maximum absolute atomic E-state index is 12.8. The first-order valence-electron chi connectivity index (χ1n) is 30.1. The van der Waals surface area contributed by atoms with Crippen molar-refractivity contribution in [1.82, 2.24) is 0 Å². The van der Waals surface area contributed by atoms with Crippen LogP contribution in [-0.4, -0.2) is 37.2 Å². The molecular weight excluding hydrogens is 877 g/mol. The number of hydrogen-bond acceptors (Lipinski definition) is 6. The molecule has 0 spiro atoms. The maximum atomic E-state index is 12.8. The predicted octanol–water partition coefficient (Wildman–Crippen LogP) is 20.3. The van der Waals surface area contributed by atoms with E-state index in [-0.39, 0.29) is 31.1 Å². The quantitative estimate of drug-likeness (QED) is 0.0261. The third kappa shape index (κ3) is 57.4. The topological polar surface area (TPSA) is 78.9 Å². The lowest BCUT2D eigenvalue weighted by Crippen LogP contribution is -2.30. The highest BCUT2D eigenvalue weighted by Crippen LogP contribution is 2.16. The molecule has 1 atom stereocenters. The van der Waals surface area contributed by atoms with Crippen LogP contribution in [0.25, 0.3) is 0 Å². The largest absolute Gasteiger partial charge is 0.462 e. The molecule has 6 nitrogen and oxygen atoms in total. The smallest absolute Gasteiger partial charge is 0.306 e. The van der Waals surface area contributed by atoms with Crippen LogP contribution in [0.15, 0.2) is 85.1 Å². The lowest BCUT2D eigenvalue weighted by Gasteiger charge is -2.18. The van der Waals surface area contributed by atoms with E-state index in [0.29, 0.717) is 19.3 Å². The summed E-state index contributed by atoms with van der Waals surface area (Å²) in [5.41, 5.74) is 0. The zero-order chi connectivity index (χ0) is 51.4. The van der Waals surface area contributed by atoms with Gasteiger partial charge in [0.05, 0.1) is 0 Å². The van der Waals surface area contributed by atoms with Crippen LogP contribution in [0.3, 0.4) is 0 Å². The maximum Gasteiger partial charge on any atom is 0.306 e. The summed E-state index contributed by atoms with van der Waals surface area (Å²) < 4.78 is 16.8. The summed E-state index contributed by atoms with van der Waals surface area (Å²) in [6, 6.07) is 0. The van der Waals surface area contributed by atoms with Gasteiger partial charge in [0.15, 0.2) is 6.10 Å². The molecule has 0 aromatic carbocycles. The van der Waals surface area contributed by atoms with Gasteiger partial charge in [-0.25, -0.2) is 0 Å². The summed E-state index contributed by atoms with van der Waals surface area (Å²) in [4.78, 5) is 38.0. The third-order valence-electron chi connectivity index (χ3n) is 12.9. The average Bonchev–Trinajstić information content (AvgIpc) is 3.37. The van der Waals surface area contributed by atoms with Gasteiger partial charge in [-0.05, 0) is 96.3 Å². The average molecular weight is 990 g/mol. The summed E-state index contributed by atoms with van der Waals surface area (Å²) in [6.45, 7) is 6.48. The van der Waals surface area contributed by atoms with Crippen LogP contribution in [0, 0.1) is 0 Å². The van der Waals surface area contributed by atoms with Crippen LogP contribution in [-0.2, 0) is 28.6 Å². The Kier molecular flexibility index (Phi) is 56.3. The number of hydrogen-bond donors (Lipinski definition) is 0. The molecule has 0 rings (SSSR count). The molecule has 0 saturated heterocycles. The summed E-state index contributed by atoms with van der Waals surface area (Å²) >= 11 is 0.